The van der Waals surface area contributed by atoms with Crippen molar-refractivity contribution in [2.75, 3.05) is 6.61 Å². The molecule has 2 aromatic carbocycles. The number of ether oxygens (including phenoxy) is 1. The third-order valence-electron chi connectivity index (χ3n) is 3.37. The Labute approximate surface area is 129 Å². The summed E-state index contributed by atoms with van der Waals surface area (Å²) in [5, 5.41) is 8.77. The van der Waals surface area contributed by atoms with E-state index in [0.29, 0.717) is 5.75 Å². The molecule has 0 amide bonds. The van der Waals surface area contributed by atoms with Crippen molar-refractivity contribution in [3.05, 3.63) is 59.4 Å². The van der Waals surface area contributed by atoms with Crippen LogP contribution in [0.4, 0.5) is 4.39 Å². The van der Waals surface area contributed by atoms with E-state index in [1.54, 1.807) is 12.1 Å². The van der Waals surface area contributed by atoms with E-state index in [1.807, 2.05) is 12.1 Å². The first-order valence-corrected chi connectivity index (χ1v) is 7.34. The molecule has 0 fully saturated rings. The Kier molecular flexibility index (Phi) is 5.67. The largest absolute Gasteiger partial charge is 0.454 e. The van der Waals surface area contributed by atoms with Crippen LogP contribution in [-0.2, 0) is 6.42 Å². The van der Waals surface area contributed by atoms with Crippen molar-refractivity contribution in [1.29, 1.82) is 0 Å². The molecular weight excluding hydrogens is 283 g/mol. The average molecular weight is 302 g/mol. The van der Waals surface area contributed by atoms with E-state index in [0.717, 1.165) is 25.3 Å². The van der Waals surface area contributed by atoms with Crippen molar-refractivity contribution >= 4 is 5.78 Å². The first kappa shape index (κ1) is 16.2. The summed E-state index contributed by atoms with van der Waals surface area (Å²) in [6.07, 6.45) is 3.29. The second-order valence-electron chi connectivity index (χ2n) is 5.08. The Balaban J connectivity index is 2.08. The summed E-state index contributed by atoms with van der Waals surface area (Å²) in [4.78, 5) is 11.3. The van der Waals surface area contributed by atoms with E-state index in [2.05, 4.69) is 6.92 Å². The summed E-state index contributed by atoms with van der Waals surface area (Å²) < 4.78 is 19.4. The van der Waals surface area contributed by atoms with Crippen molar-refractivity contribution in [2.45, 2.75) is 26.2 Å². The lowest BCUT2D eigenvalue weighted by Gasteiger charge is -2.08. The van der Waals surface area contributed by atoms with Gasteiger partial charge in [0.2, 0.25) is 0 Å². The smallest absolute Gasteiger partial charge is 0.188 e. The number of carbonyl (C=O) groups is 1. The normalized spacial score (nSPS) is 10.5. The predicted octanol–water partition coefficient (Wildman–Crippen LogP) is 4.14. The molecule has 0 saturated carbocycles. The molecule has 0 spiro atoms. The van der Waals surface area contributed by atoms with Gasteiger partial charge < -0.3 is 9.84 Å². The third-order valence-corrected chi connectivity index (χ3v) is 3.37. The number of benzene rings is 2. The molecule has 2 rings (SSSR count). The van der Waals surface area contributed by atoms with Crippen molar-refractivity contribution in [3.8, 4) is 11.5 Å². The van der Waals surface area contributed by atoms with Gasteiger partial charge in [0.15, 0.2) is 17.3 Å². The Bertz CT molecular complexity index is 635. The van der Waals surface area contributed by atoms with Gasteiger partial charge in [0.25, 0.3) is 0 Å². The van der Waals surface area contributed by atoms with Crippen LogP contribution in [0.2, 0.25) is 0 Å². The van der Waals surface area contributed by atoms with Gasteiger partial charge in [-0.2, -0.15) is 0 Å². The first-order valence-electron chi connectivity index (χ1n) is 7.34. The first-order chi connectivity index (χ1) is 10.6. The Morgan fingerprint density at radius 3 is 2.50 bits per heavy atom. The molecule has 22 heavy (non-hydrogen) atoms. The van der Waals surface area contributed by atoms with Crippen LogP contribution in [0.25, 0.3) is 0 Å². The van der Waals surface area contributed by atoms with E-state index >= 15 is 0 Å². The van der Waals surface area contributed by atoms with Crippen LogP contribution in [0.15, 0.2) is 42.5 Å². The maximum absolute atomic E-state index is 13.9. The van der Waals surface area contributed by atoms with Crippen LogP contribution in [0, 0.1) is 5.82 Å². The minimum Gasteiger partial charge on any atom is -0.454 e. The summed E-state index contributed by atoms with van der Waals surface area (Å²) >= 11 is 0. The number of halogens is 1. The highest BCUT2D eigenvalue weighted by molar-refractivity contribution is 5.97. The molecule has 0 bridgehead atoms. The van der Waals surface area contributed by atoms with E-state index in [-0.39, 0.29) is 11.3 Å². The number of ketones is 1. The molecule has 0 aromatic heterocycles. The molecule has 0 saturated heterocycles. The third kappa shape index (κ3) is 4.15. The molecule has 0 radical (unpaired) electrons. The van der Waals surface area contributed by atoms with E-state index in [1.165, 1.54) is 17.7 Å². The van der Waals surface area contributed by atoms with Crippen LogP contribution in [0.3, 0.4) is 0 Å². The number of rotatable bonds is 7. The van der Waals surface area contributed by atoms with Crippen LogP contribution < -0.4 is 4.74 Å². The van der Waals surface area contributed by atoms with Crippen molar-refractivity contribution in [3.63, 3.8) is 0 Å². The number of aliphatic hydroxyl groups excluding tert-OH is 1. The molecule has 0 aliphatic carbocycles. The zero-order valence-electron chi connectivity index (χ0n) is 12.5. The zero-order chi connectivity index (χ0) is 15.9. The Morgan fingerprint density at radius 2 is 1.91 bits per heavy atom. The molecule has 2 aromatic rings. The van der Waals surface area contributed by atoms with Crippen molar-refractivity contribution < 1.29 is 19.0 Å². The van der Waals surface area contributed by atoms with Gasteiger partial charge >= 0.3 is 0 Å². The minimum atomic E-state index is -0.640. The van der Waals surface area contributed by atoms with Gasteiger partial charge in [-0.3, -0.25) is 4.79 Å². The standard InChI is InChI=1S/C18H19FO3/c1-2-3-4-13-5-8-15(9-6-13)22-18-10-7-14(11-16(18)19)17(21)12-20/h5-11,20H,2-4,12H2,1H3. The monoisotopic (exact) mass is 302 g/mol. The highest BCUT2D eigenvalue weighted by Crippen LogP contribution is 2.25. The number of aliphatic hydroxyl groups is 1. The number of hydrogen-bond donors (Lipinski definition) is 1. The van der Waals surface area contributed by atoms with Crippen molar-refractivity contribution in [2.24, 2.45) is 0 Å². The average Bonchev–Trinajstić information content (AvgIpc) is 2.55. The van der Waals surface area contributed by atoms with E-state index < -0.39 is 18.2 Å². The summed E-state index contributed by atoms with van der Waals surface area (Å²) in [5.41, 5.74) is 1.35. The van der Waals surface area contributed by atoms with Gasteiger partial charge in [-0.1, -0.05) is 25.5 Å². The number of aryl methyl sites for hydroxylation is 1. The van der Waals surface area contributed by atoms with Crippen LogP contribution in [-0.4, -0.2) is 17.5 Å². The lowest BCUT2D eigenvalue weighted by Crippen LogP contribution is -2.04. The lowest BCUT2D eigenvalue weighted by molar-refractivity contribution is 0.0903. The lowest BCUT2D eigenvalue weighted by atomic mass is 10.1. The number of Topliss-reactive ketones (excluding diaryl/α,β-unsaturated/α-hetero) is 1. The SMILES string of the molecule is CCCCc1ccc(Oc2ccc(C(=O)CO)cc2F)cc1. The number of carbonyl (C=O) groups excluding carboxylic acids is 1. The summed E-state index contributed by atoms with van der Waals surface area (Å²) in [6, 6.07) is 11.4. The second-order valence-corrected chi connectivity index (χ2v) is 5.08. The summed E-state index contributed by atoms with van der Waals surface area (Å²) in [5.74, 6) is -0.559. The predicted molar refractivity (Wildman–Crippen MR) is 82.9 cm³/mol. The molecule has 0 unspecified atom stereocenters. The van der Waals surface area contributed by atoms with Gasteiger partial charge in [0.1, 0.15) is 12.4 Å². The van der Waals surface area contributed by atoms with Gasteiger partial charge in [-0.05, 0) is 48.7 Å². The van der Waals surface area contributed by atoms with Crippen molar-refractivity contribution in [1.82, 2.24) is 0 Å². The minimum absolute atomic E-state index is 0.0517. The Hall–Kier alpha value is -2.20. The molecule has 0 aliphatic rings. The highest BCUT2D eigenvalue weighted by Gasteiger charge is 2.10. The maximum atomic E-state index is 13.9. The van der Waals surface area contributed by atoms with Crippen LogP contribution in [0.1, 0.15) is 35.7 Å². The summed E-state index contributed by atoms with van der Waals surface area (Å²) in [6.45, 7) is 1.50. The number of unbranched alkanes of at least 4 members (excludes halogenated alkanes) is 1. The molecular formula is C18H19FO3. The highest BCUT2D eigenvalue weighted by atomic mass is 19.1. The quantitative estimate of drug-likeness (QED) is 0.782. The van der Waals surface area contributed by atoms with E-state index in [9.17, 15) is 9.18 Å². The molecule has 0 atom stereocenters. The molecule has 116 valence electrons. The molecule has 0 heterocycles. The molecule has 4 heteroatoms. The molecule has 3 nitrogen and oxygen atoms in total. The van der Waals surface area contributed by atoms with Gasteiger partial charge in [-0.15, -0.1) is 0 Å². The maximum Gasteiger partial charge on any atom is 0.188 e. The molecule has 0 aliphatic heterocycles. The van der Waals surface area contributed by atoms with Crippen LogP contribution >= 0.6 is 0 Å². The van der Waals surface area contributed by atoms with E-state index in [4.69, 9.17) is 9.84 Å². The molecule has 1 N–H and O–H groups in total. The fourth-order valence-electron chi connectivity index (χ4n) is 2.08. The zero-order valence-corrected chi connectivity index (χ0v) is 12.5. The Morgan fingerprint density at radius 1 is 1.18 bits per heavy atom. The van der Waals surface area contributed by atoms with Gasteiger partial charge in [0.05, 0.1) is 0 Å². The number of hydrogen-bond acceptors (Lipinski definition) is 3. The topological polar surface area (TPSA) is 46.5 Å². The summed E-state index contributed by atoms with van der Waals surface area (Å²) in [7, 11) is 0. The van der Waals surface area contributed by atoms with Gasteiger partial charge in [0, 0.05) is 5.56 Å². The van der Waals surface area contributed by atoms with Crippen LogP contribution in [0.5, 0.6) is 11.5 Å². The van der Waals surface area contributed by atoms with Gasteiger partial charge in [-0.25, -0.2) is 4.39 Å². The fraction of sp³-hybridized carbons (Fsp3) is 0.278. The fourth-order valence-corrected chi connectivity index (χ4v) is 2.08. The second kappa shape index (κ2) is 7.71.